The minimum atomic E-state index is -0.582. The van der Waals surface area contributed by atoms with Crippen molar-refractivity contribution in [1.82, 2.24) is 4.90 Å². The maximum Gasteiger partial charge on any atom is 0.187 e. The van der Waals surface area contributed by atoms with Crippen molar-refractivity contribution < 1.29 is 19.0 Å². The van der Waals surface area contributed by atoms with Gasteiger partial charge in [0.1, 0.15) is 17.3 Å². The molecule has 1 aliphatic rings. The number of halogens is 1. The van der Waals surface area contributed by atoms with Gasteiger partial charge < -0.3 is 19.6 Å². The van der Waals surface area contributed by atoms with E-state index in [9.17, 15) is 14.3 Å². The van der Waals surface area contributed by atoms with Crippen molar-refractivity contribution in [2.24, 2.45) is 0 Å². The van der Waals surface area contributed by atoms with E-state index >= 15 is 0 Å². The molecule has 0 amide bonds. The number of methoxy groups -OCH3 is 1. The Balaban J connectivity index is 1.73. The lowest BCUT2D eigenvalue weighted by Gasteiger charge is -2.35. The Morgan fingerprint density at radius 3 is 2.52 bits per heavy atom. The molecule has 170 valence electrons. The van der Waals surface area contributed by atoms with Crippen molar-refractivity contribution in [2.45, 2.75) is 0 Å². The van der Waals surface area contributed by atoms with Crippen molar-refractivity contribution in [2.75, 3.05) is 45.2 Å². The van der Waals surface area contributed by atoms with E-state index in [4.69, 9.17) is 4.74 Å². The highest BCUT2D eigenvalue weighted by Gasteiger charge is 2.20. The highest BCUT2D eigenvalue weighted by Crippen LogP contribution is 2.34. The summed E-state index contributed by atoms with van der Waals surface area (Å²) in [5.41, 5.74) is 3.43. The molecule has 0 bridgehead atoms. The Labute approximate surface area is 193 Å². The molecule has 1 N–H and O–H groups in total. The second kappa shape index (κ2) is 9.88. The molecule has 0 aromatic heterocycles. The minimum Gasteiger partial charge on any atom is -0.508 e. The SMILES string of the molecule is COc1ccccc1-c1ccc(N2CCN(C)CC2)c(C(=O)C=Cc2ccc(O)cc2F)c1. The van der Waals surface area contributed by atoms with Crippen molar-refractivity contribution in [3.63, 3.8) is 0 Å². The number of anilines is 1. The number of rotatable bonds is 6. The van der Waals surface area contributed by atoms with Gasteiger partial charge in [-0.15, -0.1) is 0 Å². The van der Waals surface area contributed by atoms with E-state index < -0.39 is 5.82 Å². The first kappa shape index (κ1) is 22.6. The summed E-state index contributed by atoms with van der Waals surface area (Å²) < 4.78 is 19.6. The molecule has 4 rings (SSSR count). The molecule has 3 aromatic rings. The van der Waals surface area contributed by atoms with E-state index in [2.05, 4.69) is 16.8 Å². The second-order valence-corrected chi connectivity index (χ2v) is 8.13. The van der Waals surface area contributed by atoms with Crippen LogP contribution in [0.1, 0.15) is 15.9 Å². The van der Waals surface area contributed by atoms with Crippen molar-refractivity contribution >= 4 is 17.5 Å². The highest BCUT2D eigenvalue weighted by atomic mass is 19.1. The smallest absolute Gasteiger partial charge is 0.187 e. The number of carbonyl (C=O) groups is 1. The van der Waals surface area contributed by atoms with Crippen LogP contribution in [0, 0.1) is 5.82 Å². The number of para-hydroxylation sites is 1. The van der Waals surface area contributed by atoms with Gasteiger partial charge in [-0.2, -0.15) is 0 Å². The Bertz CT molecular complexity index is 1180. The van der Waals surface area contributed by atoms with Crippen LogP contribution < -0.4 is 9.64 Å². The monoisotopic (exact) mass is 446 g/mol. The molecule has 33 heavy (non-hydrogen) atoms. The number of hydrogen-bond acceptors (Lipinski definition) is 5. The highest BCUT2D eigenvalue weighted by molar-refractivity contribution is 6.11. The molecule has 0 spiro atoms. The van der Waals surface area contributed by atoms with Gasteiger partial charge in [0.25, 0.3) is 0 Å². The molecule has 0 aliphatic carbocycles. The van der Waals surface area contributed by atoms with Crippen LogP contribution in [-0.4, -0.2) is 56.1 Å². The van der Waals surface area contributed by atoms with Crippen LogP contribution in [0.15, 0.2) is 66.7 Å². The molecule has 1 heterocycles. The summed E-state index contributed by atoms with van der Waals surface area (Å²) in [5, 5.41) is 9.42. The number of hydrogen-bond donors (Lipinski definition) is 1. The standard InChI is InChI=1S/C27H27FN2O3/c1-29-13-15-30(16-14-29)25-11-8-20(22-5-3-4-6-27(22)33-2)17-23(25)26(32)12-9-19-7-10-21(31)18-24(19)28/h3-12,17-18,31H,13-16H2,1-2H3. The molecular formula is C27H27FN2O3. The molecule has 6 heteroatoms. The summed E-state index contributed by atoms with van der Waals surface area (Å²) in [6.45, 7) is 3.47. The summed E-state index contributed by atoms with van der Waals surface area (Å²) in [7, 11) is 3.71. The largest absolute Gasteiger partial charge is 0.508 e. The number of carbonyl (C=O) groups excluding carboxylic acids is 1. The Hall–Kier alpha value is -3.64. The zero-order chi connectivity index (χ0) is 23.4. The number of benzene rings is 3. The number of likely N-dealkylation sites (N-methyl/N-ethyl adjacent to an activating group) is 1. The van der Waals surface area contributed by atoms with Gasteiger partial charge in [-0.05, 0) is 55.1 Å². The summed E-state index contributed by atoms with van der Waals surface area (Å²) in [6.07, 6.45) is 2.83. The number of ether oxygens (including phenoxy) is 1. The van der Waals surface area contributed by atoms with Crippen LogP contribution >= 0.6 is 0 Å². The van der Waals surface area contributed by atoms with Crippen LogP contribution in [0.2, 0.25) is 0 Å². The third-order valence-corrected chi connectivity index (χ3v) is 5.92. The zero-order valence-electron chi connectivity index (χ0n) is 18.8. The maximum atomic E-state index is 14.1. The normalized spacial score (nSPS) is 14.6. The van der Waals surface area contributed by atoms with Gasteiger partial charge in [0.2, 0.25) is 0 Å². The fraction of sp³-hybridized carbons (Fsp3) is 0.222. The van der Waals surface area contributed by atoms with Gasteiger partial charge in [0.05, 0.1) is 7.11 Å². The predicted octanol–water partition coefficient (Wildman–Crippen LogP) is 4.85. The average Bonchev–Trinajstić information content (AvgIpc) is 2.83. The molecule has 3 aromatic carbocycles. The lowest BCUT2D eigenvalue weighted by Crippen LogP contribution is -2.45. The summed E-state index contributed by atoms with van der Waals surface area (Å²) >= 11 is 0. The van der Waals surface area contributed by atoms with E-state index in [1.54, 1.807) is 7.11 Å². The molecule has 1 aliphatic heterocycles. The van der Waals surface area contributed by atoms with E-state index in [1.165, 1.54) is 24.3 Å². The third kappa shape index (κ3) is 5.07. The lowest BCUT2D eigenvalue weighted by molar-refractivity contribution is 0.104. The first-order valence-corrected chi connectivity index (χ1v) is 10.9. The van der Waals surface area contributed by atoms with Crippen molar-refractivity contribution in [3.05, 3.63) is 83.7 Å². The second-order valence-electron chi connectivity index (χ2n) is 8.13. The number of phenols is 1. The molecule has 0 saturated carbocycles. The molecule has 1 fully saturated rings. The van der Waals surface area contributed by atoms with Crippen LogP contribution in [0.5, 0.6) is 11.5 Å². The Kier molecular flexibility index (Phi) is 6.75. The first-order chi connectivity index (χ1) is 16.0. The number of aromatic hydroxyl groups is 1. The van der Waals surface area contributed by atoms with Crippen LogP contribution in [-0.2, 0) is 0 Å². The van der Waals surface area contributed by atoms with Gasteiger partial charge in [-0.25, -0.2) is 4.39 Å². The zero-order valence-corrected chi connectivity index (χ0v) is 18.8. The molecule has 0 radical (unpaired) electrons. The minimum absolute atomic E-state index is 0.155. The van der Waals surface area contributed by atoms with Gasteiger partial charge in [-0.3, -0.25) is 4.79 Å². The summed E-state index contributed by atoms with van der Waals surface area (Å²) in [5.74, 6) is -0.225. The van der Waals surface area contributed by atoms with Crippen LogP contribution in [0.3, 0.4) is 0 Å². The molecule has 0 unspecified atom stereocenters. The summed E-state index contributed by atoms with van der Waals surface area (Å²) in [6, 6.07) is 17.4. The molecular weight excluding hydrogens is 419 g/mol. The fourth-order valence-electron chi connectivity index (χ4n) is 4.01. The van der Waals surface area contributed by atoms with E-state index in [0.29, 0.717) is 5.56 Å². The maximum absolute atomic E-state index is 14.1. The Morgan fingerprint density at radius 1 is 1.03 bits per heavy atom. The van der Waals surface area contributed by atoms with E-state index in [-0.39, 0.29) is 17.1 Å². The Morgan fingerprint density at radius 2 is 1.79 bits per heavy atom. The third-order valence-electron chi connectivity index (χ3n) is 5.92. The first-order valence-electron chi connectivity index (χ1n) is 10.9. The fourth-order valence-corrected chi connectivity index (χ4v) is 4.01. The van der Waals surface area contributed by atoms with Gasteiger partial charge in [-0.1, -0.05) is 24.3 Å². The molecule has 0 atom stereocenters. The van der Waals surface area contributed by atoms with E-state index in [0.717, 1.165) is 54.8 Å². The van der Waals surface area contributed by atoms with Gasteiger partial charge in [0.15, 0.2) is 5.78 Å². The van der Waals surface area contributed by atoms with Crippen molar-refractivity contribution in [1.29, 1.82) is 0 Å². The number of allylic oxidation sites excluding steroid dienone is 1. The van der Waals surface area contributed by atoms with Gasteiger partial charge in [0, 0.05) is 54.6 Å². The lowest BCUT2D eigenvalue weighted by atomic mass is 9.97. The van der Waals surface area contributed by atoms with Gasteiger partial charge >= 0.3 is 0 Å². The topological polar surface area (TPSA) is 53.0 Å². The number of phenolic OH excluding ortho intramolecular Hbond substituents is 1. The number of piperazine rings is 1. The molecule has 1 saturated heterocycles. The predicted molar refractivity (Wildman–Crippen MR) is 130 cm³/mol. The number of nitrogens with zero attached hydrogens (tertiary/aromatic N) is 2. The van der Waals surface area contributed by atoms with E-state index in [1.807, 2.05) is 42.5 Å². The van der Waals surface area contributed by atoms with Crippen LogP contribution in [0.25, 0.3) is 17.2 Å². The quantitative estimate of drug-likeness (QED) is 0.433. The van der Waals surface area contributed by atoms with Crippen molar-refractivity contribution in [3.8, 4) is 22.6 Å². The average molecular weight is 447 g/mol. The molecule has 5 nitrogen and oxygen atoms in total. The number of ketones is 1. The summed E-state index contributed by atoms with van der Waals surface area (Å²) in [4.78, 5) is 17.8. The van der Waals surface area contributed by atoms with Crippen LogP contribution in [0.4, 0.5) is 10.1 Å².